The number of carbonyl (C=O) groups is 1. The maximum atomic E-state index is 13.3. The first-order chi connectivity index (χ1) is 15.3. The van der Waals surface area contributed by atoms with Crippen LogP contribution >= 0.6 is 0 Å². The summed E-state index contributed by atoms with van der Waals surface area (Å²) >= 11 is 0. The molecule has 0 bridgehead atoms. The molecule has 0 atom stereocenters. The van der Waals surface area contributed by atoms with E-state index in [-0.39, 0.29) is 12.1 Å². The van der Waals surface area contributed by atoms with Crippen LogP contribution < -0.4 is 5.32 Å². The Morgan fingerprint density at radius 2 is 1.81 bits per heavy atom. The molecular weight excluding hydrogens is 426 g/mol. The van der Waals surface area contributed by atoms with Gasteiger partial charge in [0.1, 0.15) is 11.6 Å². The van der Waals surface area contributed by atoms with Crippen molar-refractivity contribution in [3.8, 4) is 0 Å². The number of amides is 1. The van der Waals surface area contributed by atoms with E-state index in [1.807, 2.05) is 4.57 Å². The molecule has 1 amide bonds. The Kier molecular flexibility index (Phi) is 6.22. The molecule has 168 valence electrons. The molecule has 1 aliphatic heterocycles. The summed E-state index contributed by atoms with van der Waals surface area (Å²) in [5.74, 6) is 0.498. The Morgan fingerprint density at radius 3 is 2.53 bits per heavy atom. The zero-order valence-corrected chi connectivity index (χ0v) is 17.1. The van der Waals surface area contributed by atoms with Gasteiger partial charge in [-0.2, -0.15) is 13.2 Å². The Hall–Kier alpha value is -3.27. The summed E-state index contributed by atoms with van der Waals surface area (Å²) in [6.07, 6.45) is -3.71. The van der Waals surface area contributed by atoms with Gasteiger partial charge in [0.2, 0.25) is 0 Å². The molecule has 4 rings (SSSR count). The molecule has 2 heterocycles. The number of aromatic nitrogens is 3. The predicted octanol–water partition coefficient (Wildman–Crippen LogP) is 3.42. The Labute approximate surface area is 181 Å². The monoisotopic (exact) mass is 447 g/mol. The number of fused-ring (bicyclic) bond motifs is 1. The fourth-order valence-electron chi connectivity index (χ4n) is 3.66. The summed E-state index contributed by atoms with van der Waals surface area (Å²) < 4.78 is 53.5. The highest BCUT2D eigenvalue weighted by atomic mass is 19.4. The summed E-state index contributed by atoms with van der Waals surface area (Å²) in [7, 11) is 0. The lowest BCUT2D eigenvalue weighted by Crippen LogP contribution is -2.28. The van der Waals surface area contributed by atoms with Crippen molar-refractivity contribution in [2.45, 2.75) is 32.2 Å². The normalized spacial score (nSPS) is 14.6. The van der Waals surface area contributed by atoms with E-state index in [0.29, 0.717) is 38.4 Å². The second-order valence-electron chi connectivity index (χ2n) is 7.60. The van der Waals surface area contributed by atoms with Gasteiger partial charge in [0.15, 0.2) is 5.82 Å². The molecule has 6 nitrogen and oxygen atoms in total. The van der Waals surface area contributed by atoms with E-state index in [9.17, 15) is 22.4 Å². The molecule has 3 aromatic rings. The van der Waals surface area contributed by atoms with Gasteiger partial charge in [-0.25, -0.2) is 4.39 Å². The molecule has 10 heteroatoms. The lowest BCUT2D eigenvalue weighted by molar-refractivity contribution is -0.137. The van der Waals surface area contributed by atoms with E-state index in [2.05, 4.69) is 20.4 Å². The van der Waals surface area contributed by atoms with Crippen molar-refractivity contribution in [2.75, 3.05) is 13.1 Å². The number of hydrogen-bond acceptors (Lipinski definition) is 4. The standard InChI is InChI=1S/C22H21F4N5O/c23-18-3-1-2-16(12-18)21(32)27-13-20-29-28-19-8-9-30(10-11-31(19)20)14-15-4-6-17(7-5-15)22(24,25)26/h1-7,12H,8-11,13-14H2,(H,27,32). The van der Waals surface area contributed by atoms with Crippen molar-refractivity contribution in [3.63, 3.8) is 0 Å². The van der Waals surface area contributed by atoms with Gasteiger partial charge in [-0.05, 0) is 35.9 Å². The van der Waals surface area contributed by atoms with E-state index in [4.69, 9.17) is 0 Å². The smallest absolute Gasteiger partial charge is 0.345 e. The number of alkyl halides is 3. The fraction of sp³-hybridized carbons (Fsp3) is 0.318. The fourth-order valence-corrected chi connectivity index (χ4v) is 3.66. The Balaban J connectivity index is 1.35. The lowest BCUT2D eigenvalue weighted by Gasteiger charge is -2.20. The summed E-state index contributed by atoms with van der Waals surface area (Å²) in [4.78, 5) is 14.4. The molecule has 0 radical (unpaired) electrons. The van der Waals surface area contributed by atoms with Crippen LogP contribution in [0.25, 0.3) is 0 Å². The minimum atomic E-state index is -4.34. The number of carbonyl (C=O) groups excluding carboxylic acids is 1. The number of rotatable bonds is 5. The first-order valence-corrected chi connectivity index (χ1v) is 10.1. The van der Waals surface area contributed by atoms with Crippen molar-refractivity contribution < 1.29 is 22.4 Å². The van der Waals surface area contributed by atoms with Gasteiger partial charge in [-0.1, -0.05) is 18.2 Å². The van der Waals surface area contributed by atoms with Crippen molar-refractivity contribution in [1.82, 2.24) is 25.0 Å². The molecular formula is C22H21F4N5O. The zero-order chi connectivity index (χ0) is 22.7. The molecule has 1 aromatic heterocycles. The van der Waals surface area contributed by atoms with E-state index in [1.165, 1.54) is 36.4 Å². The Bertz CT molecular complexity index is 1090. The highest BCUT2D eigenvalue weighted by molar-refractivity contribution is 5.94. The minimum absolute atomic E-state index is 0.154. The number of nitrogens with zero attached hydrogens (tertiary/aromatic N) is 4. The molecule has 1 N–H and O–H groups in total. The van der Waals surface area contributed by atoms with E-state index in [0.717, 1.165) is 23.5 Å². The predicted molar refractivity (Wildman–Crippen MR) is 108 cm³/mol. The number of hydrogen-bond donors (Lipinski definition) is 1. The summed E-state index contributed by atoms with van der Waals surface area (Å²) in [5.41, 5.74) is 0.370. The van der Waals surface area contributed by atoms with Crippen molar-refractivity contribution in [3.05, 3.63) is 82.7 Å². The minimum Gasteiger partial charge on any atom is -0.345 e. The van der Waals surface area contributed by atoms with E-state index < -0.39 is 23.5 Å². The van der Waals surface area contributed by atoms with Gasteiger partial charge in [0, 0.05) is 38.2 Å². The van der Waals surface area contributed by atoms with Crippen LogP contribution in [-0.4, -0.2) is 38.7 Å². The third-order valence-corrected chi connectivity index (χ3v) is 5.38. The highest BCUT2D eigenvalue weighted by Crippen LogP contribution is 2.29. The first-order valence-electron chi connectivity index (χ1n) is 10.1. The van der Waals surface area contributed by atoms with Crippen molar-refractivity contribution >= 4 is 5.91 Å². The van der Waals surface area contributed by atoms with Gasteiger partial charge in [-0.15, -0.1) is 10.2 Å². The first kappa shape index (κ1) is 21.9. The Morgan fingerprint density at radius 1 is 1.03 bits per heavy atom. The molecule has 0 saturated heterocycles. The van der Waals surface area contributed by atoms with Crippen LogP contribution in [0.2, 0.25) is 0 Å². The van der Waals surface area contributed by atoms with Crippen LogP contribution in [0.4, 0.5) is 17.6 Å². The number of nitrogens with one attached hydrogen (secondary N) is 1. The van der Waals surface area contributed by atoms with Crippen molar-refractivity contribution in [1.29, 1.82) is 0 Å². The van der Waals surface area contributed by atoms with Crippen LogP contribution in [0.1, 0.15) is 33.1 Å². The average Bonchev–Trinajstić information content (AvgIpc) is 3.04. The van der Waals surface area contributed by atoms with Crippen molar-refractivity contribution in [2.24, 2.45) is 0 Å². The van der Waals surface area contributed by atoms with Gasteiger partial charge in [0.05, 0.1) is 12.1 Å². The molecule has 0 fully saturated rings. The third-order valence-electron chi connectivity index (χ3n) is 5.38. The molecule has 2 aromatic carbocycles. The quantitative estimate of drug-likeness (QED) is 0.609. The van der Waals surface area contributed by atoms with Crippen LogP contribution in [0.15, 0.2) is 48.5 Å². The molecule has 0 aliphatic carbocycles. The molecule has 32 heavy (non-hydrogen) atoms. The van der Waals surface area contributed by atoms with Crippen LogP contribution in [0.3, 0.4) is 0 Å². The van der Waals surface area contributed by atoms with Crippen LogP contribution in [-0.2, 0) is 32.2 Å². The third kappa shape index (κ3) is 5.13. The van der Waals surface area contributed by atoms with Gasteiger partial charge in [-0.3, -0.25) is 9.69 Å². The van der Waals surface area contributed by atoms with Crippen LogP contribution in [0, 0.1) is 5.82 Å². The number of benzene rings is 2. The largest absolute Gasteiger partial charge is 0.416 e. The maximum Gasteiger partial charge on any atom is 0.416 e. The second-order valence-corrected chi connectivity index (χ2v) is 7.60. The molecule has 0 unspecified atom stereocenters. The maximum absolute atomic E-state index is 13.3. The average molecular weight is 447 g/mol. The van der Waals surface area contributed by atoms with E-state index in [1.54, 1.807) is 0 Å². The van der Waals surface area contributed by atoms with Crippen LogP contribution in [0.5, 0.6) is 0 Å². The van der Waals surface area contributed by atoms with Gasteiger partial charge >= 0.3 is 6.18 Å². The molecule has 0 saturated carbocycles. The van der Waals surface area contributed by atoms with Gasteiger partial charge in [0.25, 0.3) is 5.91 Å². The molecule has 1 aliphatic rings. The second kappa shape index (κ2) is 9.07. The number of halogens is 4. The van der Waals surface area contributed by atoms with Gasteiger partial charge < -0.3 is 9.88 Å². The topological polar surface area (TPSA) is 63.1 Å². The SMILES string of the molecule is O=C(NCc1nnc2n1CCN(Cc1ccc(C(F)(F)F)cc1)CC2)c1cccc(F)c1. The summed E-state index contributed by atoms with van der Waals surface area (Å²) in [6.45, 7) is 2.63. The summed E-state index contributed by atoms with van der Waals surface area (Å²) in [6, 6.07) is 10.6. The lowest BCUT2D eigenvalue weighted by atomic mass is 10.1. The highest BCUT2D eigenvalue weighted by Gasteiger charge is 2.30. The molecule has 0 spiro atoms. The summed E-state index contributed by atoms with van der Waals surface area (Å²) in [5, 5.41) is 11.1. The zero-order valence-electron chi connectivity index (χ0n) is 17.1. The van der Waals surface area contributed by atoms with E-state index >= 15 is 0 Å².